The molecule has 2 aliphatic heterocycles. The summed E-state index contributed by atoms with van der Waals surface area (Å²) < 4.78 is 13.2. The van der Waals surface area contributed by atoms with Gasteiger partial charge in [0.05, 0.1) is 18.8 Å². The Morgan fingerprint density at radius 1 is 0.944 bits per heavy atom. The number of likely N-dealkylation sites (tertiary alicyclic amines) is 1. The van der Waals surface area contributed by atoms with Gasteiger partial charge in [-0.15, -0.1) is 0 Å². The third kappa shape index (κ3) is 7.07. The first-order chi connectivity index (χ1) is 17.6. The van der Waals surface area contributed by atoms with Crippen molar-refractivity contribution in [2.75, 3.05) is 31.5 Å². The summed E-state index contributed by atoms with van der Waals surface area (Å²) in [6.07, 6.45) is 5.85. The van der Waals surface area contributed by atoms with E-state index in [1.165, 1.54) is 32.1 Å². The highest BCUT2D eigenvalue weighted by Gasteiger charge is 2.39. The van der Waals surface area contributed by atoms with Crippen molar-refractivity contribution in [1.82, 2.24) is 10.2 Å². The highest BCUT2D eigenvalue weighted by Crippen LogP contribution is 2.42. The first-order valence-corrected chi connectivity index (χ1v) is 13.4. The summed E-state index contributed by atoms with van der Waals surface area (Å²) in [5, 5.41) is 15.1. The zero-order valence-corrected chi connectivity index (χ0v) is 21.6. The number of carbonyl (C=O) groups is 1. The summed E-state index contributed by atoms with van der Waals surface area (Å²) in [5.41, 5.74) is 3.64. The Bertz CT molecular complexity index is 942. The molecule has 0 spiro atoms. The van der Waals surface area contributed by atoms with Crippen LogP contribution in [0.5, 0.6) is 0 Å². The van der Waals surface area contributed by atoms with Gasteiger partial charge in [-0.25, -0.2) is 4.79 Å². The molecule has 0 unspecified atom stereocenters. The van der Waals surface area contributed by atoms with Crippen LogP contribution in [0.1, 0.15) is 75.0 Å². The molecule has 2 saturated heterocycles. The number of nitrogens with zero attached hydrogens (tertiary/aromatic N) is 1. The van der Waals surface area contributed by atoms with Crippen molar-refractivity contribution >= 4 is 11.7 Å². The van der Waals surface area contributed by atoms with Gasteiger partial charge in [-0.05, 0) is 56.1 Å². The van der Waals surface area contributed by atoms with Crippen molar-refractivity contribution in [3.8, 4) is 0 Å². The molecule has 2 aromatic rings. The second-order valence-electron chi connectivity index (χ2n) is 10.00. The predicted octanol–water partition coefficient (Wildman–Crippen LogP) is 5.38. The molecular formula is C29H41N3O4. The van der Waals surface area contributed by atoms with Crippen molar-refractivity contribution in [3.63, 3.8) is 0 Å². The van der Waals surface area contributed by atoms with Crippen molar-refractivity contribution < 1.29 is 19.4 Å². The fourth-order valence-electron chi connectivity index (χ4n) is 5.14. The number of hydrogen-bond donors (Lipinski definition) is 3. The summed E-state index contributed by atoms with van der Waals surface area (Å²) in [6, 6.07) is 15.5. The minimum atomic E-state index is -0.498. The molecule has 0 saturated carbocycles. The Labute approximate surface area is 215 Å². The van der Waals surface area contributed by atoms with E-state index in [1.54, 1.807) is 0 Å². The lowest BCUT2D eigenvalue weighted by atomic mass is 9.89. The van der Waals surface area contributed by atoms with Gasteiger partial charge < -0.3 is 30.1 Å². The maximum Gasteiger partial charge on any atom is 0.319 e. The van der Waals surface area contributed by atoms with Gasteiger partial charge in [0.15, 0.2) is 6.29 Å². The number of benzene rings is 2. The quantitative estimate of drug-likeness (QED) is 0.481. The van der Waals surface area contributed by atoms with Gasteiger partial charge in [0.1, 0.15) is 0 Å². The van der Waals surface area contributed by atoms with Crippen LogP contribution in [-0.2, 0) is 16.1 Å². The third-order valence-electron chi connectivity index (χ3n) is 7.29. The number of rotatable bonds is 7. The molecule has 0 aromatic heterocycles. The lowest BCUT2D eigenvalue weighted by Crippen LogP contribution is -2.45. The normalized spacial score (nSPS) is 25.5. The molecule has 2 aliphatic rings. The number of aliphatic hydroxyl groups excluding tert-OH is 1. The van der Waals surface area contributed by atoms with Crippen LogP contribution >= 0.6 is 0 Å². The van der Waals surface area contributed by atoms with Gasteiger partial charge in [0, 0.05) is 30.3 Å². The van der Waals surface area contributed by atoms with Crippen molar-refractivity contribution in [2.45, 2.75) is 71.1 Å². The van der Waals surface area contributed by atoms with Gasteiger partial charge in [-0.1, -0.05) is 62.6 Å². The molecule has 2 fully saturated rings. The molecule has 196 valence electrons. The topological polar surface area (TPSA) is 83.1 Å². The van der Waals surface area contributed by atoms with E-state index in [0.29, 0.717) is 6.54 Å². The molecule has 7 nitrogen and oxygen atoms in total. The molecule has 2 heterocycles. The van der Waals surface area contributed by atoms with Crippen LogP contribution in [0.25, 0.3) is 0 Å². The maximum absolute atomic E-state index is 11.9. The Hall–Kier alpha value is -2.45. The van der Waals surface area contributed by atoms with E-state index in [-0.39, 0.29) is 30.8 Å². The van der Waals surface area contributed by atoms with Crippen LogP contribution in [0, 0.1) is 5.92 Å². The van der Waals surface area contributed by atoms with Gasteiger partial charge in [0.25, 0.3) is 0 Å². The molecule has 4 rings (SSSR count). The van der Waals surface area contributed by atoms with Crippen LogP contribution in [0.2, 0.25) is 0 Å². The highest BCUT2D eigenvalue weighted by molar-refractivity contribution is 5.89. The first-order valence-electron chi connectivity index (χ1n) is 13.4. The molecule has 2 aromatic carbocycles. The van der Waals surface area contributed by atoms with E-state index < -0.39 is 6.29 Å². The van der Waals surface area contributed by atoms with Crippen LogP contribution in [-0.4, -0.2) is 48.3 Å². The third-order valence-corrected chi connectivity index (χ3v) is 7.29. The monoisotopic (exact) mass is 495 g/mol. The fraction of sp³-hybridized carbons (Fsp3) is 0.552. The van der Waals surface area contributed by atoms with Gasteiger partial charge >= 0.3 is 6.03 Å². The van der Waals surface area contributed by atoms with Gasteiger partial charge in [-0.3, -0.25) is 0 Å². The van der Waals surface area contributed by atoms with Gasteiger partial charge in [0.2, 0.25) is 0 Å². The van der Waals surface area contributed by atoms with Crippen LogP contribution in [0.15, 0.2) is 48.5 Å². The predicted molar refractivity (Wildman–Crippen MR) is 142 cm³/mol. The summed E-state index contributed by atoms with van der Waals surface area (Å²) in [4.78, 5) is 14.4. The standard InChI is InChI=1S/C29H41N3O4/c1-3-30-29(34)31-25-15-13-24(14-16-25)28-35-26(19-32-17-7-5-4-6-8-18-32)21(2)27(36-28)23-11-9-22(20-33)10-12-23/h9-16,21,26-28,33H,3-8,17-20H2,1-2H3,(H2,30,31,34)/t21-,26+,27+,28+/m1/s1. The summed E-state index contributed by atoms with van der Waals surface area (Å²) in [6.45, 7) is 7.84. The number of nitrogens with one attached hydrogen (secondary N) is 2. The average Bonchev–Trinajstić information content (AvgIpc) is 2.87. The molecule has 36 heavy (non-hydrogen) atoms. The molecule has 4 atom stereocenters. The average molecular weight is 496 g/mol. The zero-order chi connectivity index (χ0) is 25.3. The molecule has 3 N–H and O–H groups in total. The largest absolute Gasteiger partial charge is 0.392 e. The molecule has 0 aliphatic carbocycles. The minimum absolute atomic E-state index is 0.0267. The van der Waals surface area contributed by atoms with E-state index in [4.69, 9.17) is 9.47 Å². The summed E-state index contributed by atoms with van der Waals surface area (Å²) >= 11 is 0. The lowest BCUT2D eigenvalue weighted by Gasteiger charge is -2.43. The van der Waals surface area contributed by atoms with E-state index >= 15 is 0 Å². The van der Waals surface area contributed by atoms with Crippen molar-refractivity contribution in [3.05, 3.63) is 65.2 Å². The number of anilines is 1. The number of hydrogen-bond acceptors (Lipinski definition) is 5. The Balaban J connectivity index is 1.53. The summed E-state index contributed by atoms with van der Waals surface area (Å²) in [7, 11) is 0. The van der Waals surface area contributed by atoms with Crippen molar-refractivity contribution in [1.29, 1.82) is 0 Å². The molecule has 2 amide bonds. The van der Waals surface area contributed by atoms with Crippen LogP contribution < -0.4 is 10.6 Å². The summed E-state index contributed by atoms with van der Waals surface area (Å²) in [5.74, 6) is 0.172. The molecule has 0 bridgehead atoms. The van der Waals surface area contributed by atoms with E-state index in [0.717, 1.165) is 42.0 Å². The highest BCUT2D eigenvalue weighted by atomic mass is 16.7. The van der Waals surface area contributed by atoms with Crippen LogP contribution in [0.3, 0.4) is 0 Å². The number of amides is 2. The van der Waals surface area contributed by atoms with Crippen LogP contribution in [0.4, 0.5) is 10.5 Å². The minimum Gasteiger partial charge on any atom is -0.392 e. The number of aliphatic hydroxyl groups is 1. The first kappa shape index (κ1) is 26.6. The van der Waals surface area contributed by atoms with E-state index in [2.05, 4.69) is 34.6 Å². The van der Waals surface area contributed by atoms with Gasteiger partial charge in [-0.2, -0.15) is 0 Å². The maximum atomic E-state index is 11.9. The SMILES string of the molecule is CCNC(=O)Nc1ccc([C@H]2O[C@@H](CN3CCCCCCC3)[C@@H](C)[C@@H](c3ccc(CO)cc3)O2)cc1. The smallest absolute Gasteiger partial charge is 0.319 e. The molecule has 7 heteroatoms. The number of carbonyl (C=O) groups excluding carboxylic acids is 1. The van der Waals surface area contributed by atoms with E-state index in [1.807, 2.05) is 43.3 Å². The molecular weight excluding hydrogens is 454 g/mol. The Morgan fingerprint density at radius 2 is 1.58 bits per heavy atom. The van der Waals surface area contributed by atoms with Crippen molar-refractivity contribution in [2.24, 2.45) is 5.92 Å². The number of urea groups is 1. The lowest BCUT2D eigenvalue weighted by molar-refractivity contribution is -0.276. The Kier molecular flexibility index (Phi) is 9.75. The molecule has 0 radical (unpaired) electrons. The van der Waals surface area contributed by atoms with E-state index in [9.17, 15) is 9.90 Å². The number of ether oxygens (including phenoxy) is 2. The Morgan fingerprint density at radius 3 is 2.22 bits per heavy atom. The second kappa shape index (κ2) is 13.2. The second-order valence-corrected chi connectivity index (χ2v) is 10.00. The fourth-order valence-corrected chi connectivity index (χ4v) is 5.14. The zero-order valence-electron chi connectivity index (χ0n) is 21.6.